The molecule has 0 amide bonds. The van der Waals surface area contributed by atoms with Gasteiger partial charge in [0.05, 0.1) is 34.3 Å². The molecule has 252 valence electrons. The molecule has 5 heteroatoms. The zero-order valence-corrected chi connectivity index (χ0v) is 29.8. The van der Waals surface area contributed by atoms with Gasteiger partial charge in [0.25, 0.3) is 0 Å². The molecule has 0 aliphatic rings. The Morgan fingerprint density at radius 1 is 0.426 bits per heavy atom. The minimum atomic E-state index is 0.617. The van der Waals surface area contributed by atoms with Crippen molar-refractivity contribution >= 4 is 97.9 Å². The maximum Gasteiger partial charge on any atom is 0.187 e. The second-order valence-electron chi connectivity index (χ2n) is 13.7. The predicted molar refractivity (Wildman–Crippen MR) is 229 cm³/mol. The van der Waals surface area contributed by atoms with E-state index >= 15 is 0 Å². The van der Waals surface area contributed by atoms with Gasteiger partial charge in [-0.1, -0.05) is 91.0 Å². The number of anilines is 3. The first-order valence-corrected chi connectivity index (χ1v) is 18.9. The van der Waals surface area contributed by atoms with Gasteiger partial charge < -0.3 is 14.0 Å². The summed E-state index contributed by atoms with van der Waals surface area (Å²) in [6.45, 7) is 7.63. The van der Waals surface area contributed by atoms with E-state index in [2.05, 4.69) is 189 Å². The largest absolute Gasteiger partial charge is 0.310 e. The van der Waals surface area contributed by atoms with E-state index in [-0.39, 0.29) is 0 Å². The molecule has 0 atom stereocenters. The summed E-state index contributed by atoms with van der Waals surface area (Å²) in [4.78, 5) is 6.03. The van der Waals surface area contributed by atoms with E-state index in [0.29, 0.717) is 5.69 Å². The minimum absolute atomic E-state index is 0.617. The summed E-state index contributed by atoms with van der Waals surface area (Å²) in [5, 5.41) is 7.41. The van der Waals surface area contributed by atoms with Gasteiger partial charge in [-0.25, -0.2) is 4.85 Å². The van der Waals surface area contributed by atoms with Crippen LogP contribution in [0.5, 0.6) is 0 Å². The molecule has 0 N–H and O–H groups in total. The first kappa shape index (κ1) is 30.5. The smallest absolute Gasteiger partial charge is 0.187 e. The molecule has 0 aliphatic carbocycles. The zero-order chi connectivity index (χ0) is 35.8. The van der Waals surface area contributed by atoms with Crippen molar-refractivity contribution in [2.75, 3.05) is 4.90 Å². The Balaban J connectivity index is 1.13. The van der Waals surface area contributed by atoms with Crippen LogP contribution in [-0.2, 0) is 0 Å². The SMILES string of the molecule is [C-]#[N+]c1ccc(N(c2ccc(-n3c4ccccc4c4ccccc43)cc2)c2cccc3c2c2ccccc2n3-c2ccc3sc4ccccc4c3c2)cc1. The van der Waals surface area contributed by atoms with E-state index in [0.717, 1.165) is 39.5 Å². The monoisotopic (exact) mass is 706 g/mol. The average Bonchev–Trinajstić information content (AvgIpc) is 3.89. The molecule has 54 heavy (non-hydrogen) atoms. The number of hydrogen-bond donors (Lipinski definition) is 0. The molecule has 4 nitrogen and oxygen atoms in total. The third-order valence-electron chi connectivity index (χ3n) is 10.7. The van der Waals surface area contributed by atoms with Crippen LogP contribution >= 0.6 is 11.3 Å². The highest BCUT2D eigenvalue weighted by Crippen LogP contribution is 2.45. The van der Waals surface area contributed by atoms with Gasteiger partial charge in [0, 0.05) is 64.5 Å². The van der Waals surface area contributed by atoms with E-state index in [1.54, 1.807) is 0 Å². The Kier molecular flexibility index (Phi) is 6.75. The van der Waals surface area contributed by atoms with Crippen molar-refractivity contribution in [1.82, 2.24) is 9.13 Å². The highest BCUT2D eigenvalue weighted by molar-refractivity contribution is 7.25. The predicted octanol–water partition coefficient (Wildman–Crippen LogP) is 14.3. The van der Waals surface area contributed by atoms with E-state index in [9.17, 15) is 0 Å². The van der Waals surface area contributed by atoms with Crippen molar-refractivity contribution < 1.29 is 0 Å². The van der Waals surface area contributed by atoms with Gasteiger partial charge in [-0.3, -0.25) is 0 Å². The summed E-state index contributed by atoms with van der Waals surface area (Å²) in [6.07, 6.45) is 0. The van der Waals surface area contributed by atoms with Crippen LogP contribution in [0, 0.1) is 6.57 Å². The third kappa shape index (κ3) is 4.54. The maximum absolute atomic E-state index is 7.63. The lowest BCUT2D eigenvalue weighted by Gasteiger charge is -2.27. The Morgan fingerprint density at radius 2 is 0.944 bits per heavy atom. The van der Waals surface area contributed by atoms with Crippen LogP contribution in [0.3, 0.4) is 0 Å². The van der Waals surface area contributed by atoms with Gasteiger partial charge in [0.15, 0.2) is 5.69 Å². The van der Waals surface area contributed by atoms with E-state index in [1.165, 1.54) is 52.8 Å². The first-order chi connectivity index (χ1) is 26.7. The third-order valence-corrected chi connectivity index (χ3v) is 11.9. The molecule has 11 rings (SSSR count). The highest BCUT2D eigenvalue weighted by Gasteiger charge is 2.22. The minimum Gasteiger partial charge on any atom is -0.310 e. The lowest BCUT2D eigenvalue weighted by Crippen LogP contribution is -2.10. The fourth-order valence-corrected chi connectivity index (χ4v) is 9.46. The topological polar surface area (TPSA) is 17.5 Å². The second-order valence-corrected chi connectivity index (χ2v) is 14.7. The number of fused-ring (bicyclic) bond motifs is 9. The van der Waals surface area contributed by atoms with E-state index in [4.69, 9.17) is 6.57 Å². The summed E-state index contributed by atoms with van der Waals surface area (Å²) in [7, 11) is 0. The summed E-state index contributed by atoms with van der Waals surface area (Å²) < 4.78 is 7.36. The van der Waals surface area contributed by atoms with Crippen LogP contribution in [0.15, 0.2) is 182 Å². The summed E-state index contributed by atoms with van der Waals surface area (Å²) in [6, 6.07) is 65.0. The van der Waals surface area contributed by atoms with Crippen molar-refractivity contribution in [2.24, 2.45) is 0 Å². The van der Waals surface area contributed by atoms with Gasteiger partial charge in [0.1, 0.15) is 0 Å². The van der Waals surface area contributed by atoms with Crippen LogP contribution < -0.4 is 4.90 Å². The van der Waals surface area contributed by atoms with Gasteiger partial charge in [-0.15, -0.1) is 11.3 Å². The Labute approximate surface area is 315 Å². The quantitative estimate of drug-likeness (QED) is 0.163. The number of para-hydroxylation sites is 3. The van der Waals surface area contributed by atoms with Crippen LogP contribution in [0.4, 0.5) is 22.7 Å². The van der Waals surface area contributed by atoms with Crippen LogP contribution in [-0.4, -0.2) is 9.13 Å². The molecule has 0 spiro atoms. The van der Waals surface area contributed by atoms with Crippen LogP contribution in [0.25, 0.3) is 80.0 Å². The highest BCUT2D eigenvalue weighted by atomic mass is 32.1. The molecule has 8 aromatic carbocycles. The molecular weight excluding hydrogens is 677 g/mol. The van der Waals surface area contributed by atoms with Gasteiger partial charge in [0.2, 0.25) is 0 Å². The fraction of sp³-hybridized carbons (Fsp3) is 0. The standard InChI is InChI=1S/C49H30N4S/c1-50-32-21-23-33(24-22-32)51(34-25-27-35(28-26-34)52-42-15-6-2-11-37(42)38-12-3-7-16-43(38)52)45-18-10-19-46-49(45)40-14-4-8-17-44(40)53(46)36-29-30-48-41(31-36)39-13-5-9-20-47(39)54-48/h2-31H. The molecule has 0 saturated heterocycles. The molecule has 0 fully saturated rings. The Morgan fingerprint density at radius 3 is 1.63 bits per heavy atom. The van der Waals surface area contributed by atoms with Crippen LogP contribution in [0.2, 0.25) is 0 Å². The lowest BCUT2D eigenvalue weighted by molar-refractivity contribution is 1.17. The molecule has 3 aromatic heterocycles. The van der Waals surface area contributed by atoms with Crippen molar-refractivity contribution in [3.05, 3.63) is 193 Å². The number of aromatic nitrogens is 2. The van der Waals surface area contributed by atoms with Crippen LogP contribution in [0.1, 0.15) is 0 Å². The number of thiophene rings is 1. The van der Waals surface area contributed by atoms with Gasteiger partial charge >= 0.3 is 0 Å². The fourth-order valence-electron chi connectivity index (χ4n) is 8.37. The number of hydrogen-bond acceptors (Lipinski definition) is 2. The molecule has 0 bridgehead atoms. The van der Waals surface area contributed by atoms with Crippen molar-refractivity contribution in [3.63, 3.8) is 0 Å². The van der Waals surface area contributed by atoms with E-state index < -0.39 is 0 Å². The summed E-state index contributed by atoms with van der Waals surface area (Å²) >= 11 is 1.84. The molecule has 0 saturated carbocycles. The average molecular weight is 707 g/mol. The molecule has 0 unspecified atom stereocenters. The molecule has 0 aliphatic heterocycles. The Hall–Kier alpha value is -7.13. The molecular formula is C49H30N4S. The van der Waals surface area contributed by atoms with Crippen molar-refractivity contribution in [2.45, 2.75) is 0 Å². The summed E-state index contributed by atoms with van der Waals surface area (Å²) in [5.74, 6) is 0. The maximum atomic E-state index is 7.63. The summed E-state index contributed by atoms with van der Waals surface area (Å²) in [5.41, 5.74) is 10.6. The van der Waals surface area contributed by atoms with Gasteiger partial charge in [-0.2, -0.15) is 0 Å². The molecule has 0 radical (unpaired) electrons. The number of benzene rings is 8. The molecule has 3 heterocycles. The van der Waals surface area contributed by atoms with Crippen molar-refractivity contribution in [1.29, 1.82) is 0 Å². The first-order valence-electron chi connectivity index (χ1n) is 18.1. The number of rotatable bonds is 5. The normalized spacial score (nSPS) is 11.7. The molecule has 11 aromatic rings. The van der Waals surface area contributed by atoms with Crippen molar-refractivity contribution in [3.8, 4) is 11.4 Å². The second kappa shape index (κ2) is 12.0. The van der Waals surface area contributed by atoms with E-state index in [1.807, 2.05) is 23.5 Å². The Bertz CT molecular complexity index is 3230. The van der Waals surface area contributed by atoms with Gasteiger partial charge in [-0.05, 0) is 91.0 Å². The lowest BCUT2D eigenvalue weighted by atomic mass is 10.1. The zero-order valence-electron chi connectivity index (χ0n) is 29.0. The number of nitrogens with zero attached hydrogens (tertiary/aromatic N) is 4.